The molecule has 0 radical (unpaired) electrons. The van der Waals surface area contributed by atoms with Crippen molar-refractivity contribution in [2.75, 3.05) is 0 Å². The van der Waals surface area contributed by atoms with Crippen LogP contribution >= 0.6 is 0 Å². The molecule has 0 aromatic heterocycles. The van der Waals surface area contributed by atoms with Crippen LogP contribution in [0.3, 0.4) is 0 Å². The van der Waals surface area contributed by atoms with Crippen LogP contribution in [0, 0.1) is 0 Å². The molecule has 3 atom stereocenters. The molecule has 1 aliphatic heterocycles. The summed E-state index contributed by atoms with van der Waals surface area (Å²) in [6, 6.07) is 0.796. The Kier molecular flexibility index (Phi) is 1.54. The van der Waals surface area contributed by atoms with Crippen molar-refractivity contribution < 1.29 is 5.11 Å². The molecule has 1 saturated heterocycles. The maximum Gasteiger partial charge on any atom is 0.0705 e. The van der Waals surface area contributed by atoms with Crippen molar-refractivity contribution in [1.82, 2.24) is 5.32 Å². The second-order valence-corrected chi connectivity index (χ2v) is 2.66. The van der Waals surface area contributed by atoms with Crippen LogP contribution in [-0.2, 0) is 0 Å². The lowest BCUT2D eigenvalue weighted by Crippen LogP contribution is -2.28. The molecule has 8 heavy (non-hydrogen) atoms. The van der Waals surface area contributed by atoms with Gasteiger partial charge in [0.05, 0.1) is 6.10 Å². The van der Waals surface area contributed by atoms with Crippen LogP contribution in [0.4, 0.5) is 0 Å². The number of hydrogen-bond donors (Lipinski definition) is 2. The fourth-order valence-electron chi connectivity index (χ4n) is 1.19. The van der Waals surface area contributed by atoms with Gasteiger partial charge in [0.15, 0.2) is 0 Å². The minimum atomic E-state index is -0.120. The van der Waals surface area contributed by atoms with E-state index in [9.17, 15) is 0 Å². The summed E-state index contributed by atoms with van der Waals surface area (Å²) in [5, 5.41) is 12.3. The van der Waals surface area contributed by atoms with Crippen LogP contribution in [0.1, 0.15) is 20.3 Å². The van der Waals surface area contributed by atoms with E-state index in [-0.39, 0.29) is 6.10 Å². The summed E-state index contributed by atoms with van der Waals surface area (Å²) in [4.78, 5) is 0. The molecule has 48 valence electrons. The Bertz CT molecular complexity index is 74.6. The molecule has 0 spiro atoms. The largest absolute Gasteiger partial charge is 0.391 e. The molecule has 2 N–H and O–H groups in total. The van der Waals surface area contributed by atoms with Gasteiger partial charge in [-0.2, -0.15) is 0 Å². The van der Waals surface area contributed by atoms with Crippen LogP contribution in [-0.4, -0.2) is 23.3 Å². The first-order valence-corrected chi connectivity index (χ1v) is 3.14. The van der Waals surface area contributed by atoms with Crippen molar-refractivity contribution in [1.29, 1.82) is 0 Å². The van der Waals surface area contributed by atoms with Crippen molar-refractivity contribution in [3.8, 4) is 0 Å². The van der Waals surface area contributed by atoms with Gasteiger partial charge in [-0.3, -0.25) is 0 Å². The highest BCUT2D eigenvalue weighted by molar-refractivity contribution is 4.84. The Morgan fingerprint density at radius 2 is 2.12 bits per heavy atom. The first kappa shape index (κ1) is 6.05. The van der Waals surface area contributed by atoms with Crippen molar-refractivity contribution >= 4 is 0 Å². The maximum absolute atomic E-state index is 9.11. The molecule has 0 saturated carbocycles. The quantitative estimate of drug-likeness (QED) is 0.470. The first-order chi connectivity index (χ1) is 3.70. The number of aliphatic hydroxyl groups is 1. The molecule has 1 fully saturated rings. The highest BCUT2D eigenvalue weighted by Gasteiger charge is 2.25. The zero-order chi connectivity index (χ0) is 6.15. The van der Waals surface area contributed by atoms with E-state index in [1.807, 2.05) is 6.92 Å². The van der Waals surface area contributed by atoms with Gasteiger partial charge in [-0.1, -0.05) is 0 Å². The van der Waals surface area contributed by atoms with E-state index in [1.54, 1.807) is 0 Å². The number of rotatable bonds is 0. The Hall–Kier alpha value is -0.0800. The van der Waals surface area contributed by atoms with E-state index in [1.165, 1.54) is 0 Å². The third-order valence-corrected chi connectivity index (χ3v) is 1.72. The standard InChI is InChI=1S/C6H13NO/c1-4-3-6(8)5(2)7-4/h4-8H,3H2,1-2H3/t4-,5+,6-/m1/s1. The Morgan fingerprint density at radius 1 is 1.50 bits per heavy atom. The summed E-state index contributed by atoms with van der Waals surface area (Å²) in [7, 11) is 0. The van der Waals surface area contributed by atoms with Gasteiger partial charge in [0.1, 0.15) is 0 Å². The summed E-state index contributed by atoms with van der Waals surface area (Å²) in [6.45, 7) is 4.10. The van der Waals surface area contributed by atoms with Crippen molar-refractivity contribution in [2.45, 2.75) is 38.5 Å². The molecule has 1 rings (SSSR count). The van der Waals surface area contributed by atoms with Gasteiger partial charge in [0.25, 0.3) is 0 Å². The Morgan fingerprint density at radius 3 is 2.25 bits per heavy atom. The second kappa shape index (κ2) is 2.03. The molecule has 2 nitrogen and oxygen atoms in total. The normalized spacial score (nSPS) is 47.6. The molecule has 1 heterocycles. The lowest BCUT2D eigenvalue weighted by molar-refractivity contribution is 0.165. The van der Waals surface area contributed by atoms with Crippen LogP contribution in [0.2, 0.25) is 0 Å². The van der Waals surface area contributed by atoms with E-state index in [4.69, 9.17) is 5.11 Å². The highest BCUT2D eigenvalue weighted by Crippen LogP contribution is 2.11. The fourth-order valence-corrected chi connectivity index (χ4v) is 1.19. The van der Waals surface area contributed by atoms with Gasteiger partial charge in [0, 0.05) is 12.1 Å². The van der Waals surface area contributed by atoms with E-state index in [2.05, 4.69) is 12.2 Å². The minimum absolute atomic E-state index is 0.120. The van der Waals surface area contributed by atoms with E-state index in [0.29, 0.717) is 12.1 Å². The molecular weight excluding hydrogens is 102 g/mol. The molecule has 0 aromatic rings. The maximum atomic E-state index is 9.11. The number of nitrogens with one attached hydrogen (secondary N) is 1. The van der Waals surface area contributed by atoms with Gasteiger partial charge in [-0.05, 0) is 20.3 Å². The molecule has 1 aliphatic rings. The van der Waals surface area contributed by atoms with Crippen LogP contribution in [0.15, 0.2) is 0 Å². The topological polar surface area (TPSA) is 32.3 Å². The lowest BCUT2D eigenvalue weighted by atomic mass is 10.2. The van der Waals surface area contributed by atoms with E-state index < -0.39 is 0 Å². The smallest absolute Gasteiger partial charge is 0.0705 e. The van der Waals surface area contributed by atoms with Crippen LogP contribution < -0.4 is 5.32 Å². The molecule has 2 heteroatoms. The Labute approximate surface area is 49.9 Å². The van der Waals surface area contributed by atoms with E-state index in [0.717, 1.165) is 6.42 Å². The average molecular weight is 115 g/mol. The molecule has 0 amide bonds. The SMILES string of the molecule is C[C@@H]1C[C@@H](O)[C@H](C)N1. The predicted octanol–water partition coefficient (Wildman–Crippen LogP) is 0.118. The van der Waals surface area contributed by atoms with Gasteiger partial charge in [-0.15, -0.1) is 0 Å². The summed E-state index contributed by atoms with van der Waals surface area (Å²) < 4.78 is 0. The van der Waals surface area contributed by atoms with Crippen LogP contribution in [0.25, 0.3) is 0 Å². The van der Waals surface area contributed by atoms with E-state index >= 15 is 0 Å². The molecule has 0 unspecified atom stereocenters. The minimum Gasteiger partial charge on any atom is -0.391 e. The van der Waals surface area contributed by atoms with Crippen molar-refractivity contribution in [3.05, 3.63) is 0 Å². The average Bonchev–Trinajstić information content (AvgIpc) is 1.85. The summed E-state index contributed by atoms with van der Waals surface area (Å²) >= 11 is 0. The molecule has 0 aliphatic carbocycles. The van der Waals surface area contributed by atoms with Crippen molar-refractivity contribution in [3.63, 3.8) is 0 Å². The third kappa shape index (κ3) is 1.01. The lowest BCUT2D eigenvalue weighted by Gasteiger charge is -2.05. The molecule has 0 bridgehead atoms. The summed E-state index contributed by atoms with van der Waals surface area (Å²) in [6.07, 6.45) is 0.784. The fraction of sp³-hybridized carbons (Fsp3) is 1.00. The number of aliphatic hydroxyl groups excluding tert-OH is 1. The van der Waals surface area contributed by atoms with Gasteiger partial charge in [-0.25, -0.2) is 0 Å². The monoisotopic (exact) mass is 115 g/mol. The second-order valence-electron chi connectivity index (χ2n) is 2.66. The summed E-state index contributed by atoms with van der Waals surface area (Å²) in [5.74, 6) is 0. The molecule has 0 aromatic carbocycles. The van der Waals surface area contributed by atoms with Gasteiger partial charge in [0.2, 0.25) is 0 Å². The zero-order valence-electron chi connectivity index (χ0n) is 5.39. The van der Waals surface area contributed by atoms with Gasteiger partial charge < -0.3 is 10.4 Å². The van der Waals surface area contributed by atoms with Gasteiger partial charge >= 0.3 is 0 Å². The van der Waals surface area contributed by atoms with Crippen LogP contribution in [0.5, 0.6) is 0 Å². The highest BCUT2D eigenvalue weighted by atomic mass is 16.3. The molecular formula is C6H13NO. The predicted molar refractivity (Wildman–Crippen MR) is 32.7 cm³/mol. The zero-order valence-corrected chi connectivity index (χ0v) is 5.39. The first-order valence-electron chi connectivity index (χ1n) is 3.14. The summed E-state index contributed by atoms with van der Waals surface area (Å²) in [5.41, 5.74) is 0. The Balaban J connectivity index is 2.39. The third-order valence-electron chi connectivity index (χ3n) is 1.72. The van der Waals surface area contributed by atoms with Crippen molar-refractivity contribution in [2.24, 2.45) is 0 Å². The number of hydrogen-bond acceptors (Lipinski definition) is 2.